The van der Waals surface area contributed by atoms with Gasteiger partial charge in [0.25, 0.3) is 0 Å². The highest BCUT2D eigenvalue weighted by atomic mass is 19.4. The molecule has 26 heavy (non-hydrogen) atoms. The molecule has 1 aliphatic rings. The molecule has 0 atom stereocenters. The van der Waals surface area contributed by atoms with Gasteiger partial charge in [0.1, 0.15) is 11.9 Å². The van der Waals surface area contributed by atoms with Gasteiger partial charge in [-0.1, -0.05) is 12.1 Å². The number of hydrogen-bond acceptors (Lipinski definition) is 4. The van der Waals surface area contributed by atoms with Crippen molar-refractivity contribution in [1.82, 2.24) is 9.88 Å². The first-order chi connectivity index (χ1) is 12.5. The Labute approximate surface area is 150 Å². The minimum absolute atomic E-state index is 0.535. The number of alkyl halides is 3. The Hall–Kier alpha value is -2.59. The summed E-state index contributed by atoms with van der Waals surface area (Å²) in [7, 11) is 0. The lowest BCUT2D eigenvalue weighted by Crippen LogP contribution is -2.30. The molecule has 0 amide bonds. The average Bonchev–Trinajstić information content (AvgIpc) is 2.87. The van der Waals surface area contributed by atoms with Gasteiger partial charge >= 0.3 is 6.18 Å². The smallest absolute Gasteiger partial charge is 0.355 e. The summed E-state index contributed by atoms with van der Waals surface area (Å²) in [5.74, 6) is 0.848. The number of aromatic nitrogens is 1. The third-order valence-corrected chi connectivity index (χ3v) is 4.48. The molecule has 0 bridgehead atoms. The largest absolute Gasteiger partial charge is 0.416 e. The Morgan fingerprint density at radius 1 is 1.00 bits per heavy atom. The number of benzene rings is 1. The Bertz CT molecular complexity index is 763. The van der Waals surface area contributed by atoms with Gasteiger partial charge in [0, 0.05) is 38.9 Å². The van der Waals surface area contributed by atoms with E-state index in [1.54, 1.807) is 24.4 Å². The van der Waals surface area contributed by atoms with Gasteiger partial charge in [0.15, 0.2) is 0 Å². The molecular formula is C19H19F3N4. The molecule has 2 heterocycles. The predicted molar refractivity (Wildman–Crippen MR) is 92.5 cm³/mol. The highest BCUT2D eigenvalue weighted by Crippen LogP contribution is 2.29. The summed E-state index contributed by atoms with van der Waals surface area (Å²) in [6, 6.07) is 11.0. The maximum atomic E-state index is 12.6. The van der Waals surface area contributed by atoms with Gasteiger partial charge in [0.05, 0.1) is 11.1 Å². The lowest BCUT2D eigenvalue weighted by molar-refractivity contribution is -0.137. The Balaban J connectivity index is 1.59. The van der Waals surface area contributed by atoms with E-state index in [0.717, 1.165) is 56.1 Å². The lowest BCUT2D eigenvalue weighted by atomic mass is 10.1. The van der Waals surface area contributed by atoms with Crippen molar-refractivity contribution >= 4 is 5.82 Å². The molecule has 1 saturated heterocycles. The molecule has 1 fully saturated rings. The first-order valence-electron chi connectivity index (χ1n) is 8.45. The number of pyridine rings is 1. The van der Waals surface area contributed by atoms with Crippen LogP contribution in [0.5, 0.6) is 0 Å². The van der Waals surface area contributed by atoms with Crippen LogP contribution < -0.4 is 4.90 Å². The third-order valence-electron chi connectivity index (χ3n) is 4.48. The minimum atomic E-state index is -4.30. The van der Waals surface area contributed by atoms with Crippen LogP contribution in [0.15, 0.2) is 42.6 Å². The molecule has 0 radical (unpaired) electrons. The first kappa shape index (κ1) is 18.2. The van der Waals surface area contributed by atoms with Gasteiger partial charge in [-0.15, -0.1) is 0 Å². The van der Waals surface area contributed by atoms with Crippen LogP contribution in [0.4, 0.5) is 19.0 Å². The number of hydrogen-bond donors (Lipinski definition) is 0. The quantitative estimate of drug-likeness (QED) is 0.837. The second-order valence-corrected chi connectivity index (χ2v) is 6.33. The highest BCUT2D eigenvalue weighted by molar-refractivity contribution is 5.42. The van der Waals surface area contributed by atoms with E-state index in [1.165, 1.54) is 0 Å². The Morgan fingerprint density at radius 2 is 1.77 bits per heavy atom. The van der Waals surface area contributed by atoms with Gasteiger partial charge in [-0.3, -0.25) is 4.90 Å². The normalized spacial score (nSPS) is 16.2. The molecule has 1 aromatic carbocycles. The average molecular weight is 360 g/mol. The number of anilines is 1. The molecule has 7 heteroatoms. The zero-order chi connectivity index (χ0) is 18.6. The van der Waals surface area contributed by atoms with E-state index in [2.05, 4.69) is 20.9 Å². The van der Waals surface area contributed by atoms with Crippen molar-refractivity contribution < 1.29 is 13.2 Å². The van der Waals surface area contributed by atoms with E-state index in [9.17, 15) is 13.2 Å². The summed E-state index contributed by atoms with van der Waals surface area (Å²) in [5.41, 5.74) is 0.797. The molecule has 1 aliphatic heterocycles. The summed E-state index contributed by atoms with van der Waals surface area (Å²) in [6.07, 6.45) is -1.78. The van der Waals surface area contributed by atoms with Gasteiger partial charge < -0.3 is 4.90 Å². The fourth-order valence-electron chi connectivity index (χ4n) is 3.05. The van der Waals surface area contributed by atoms with Crippen molar-refractivity contribution in [2.45, 2.75) is 19.1 Å². The lowest BCUT2D eigenvalue weighted by Gasteiger charge is -2.23. The van der Waals surface area contributed by atoms with Gasteiger partial charge in [-0.2, -0.15) is 18.4 Å². The van der Waals surface area contributed by atoms with Crippen molar-refractivity contribution in [3.05, 3.63) is 59.3 Å². The molecular weight excluding hydrogens is 341 g/mol. The maximum absolute atomic E-state index is 12.6. The Morgan fingerprint density at radius 3 is 2.38 bits per heavy atom. The summed E-state index contributed by atoms with van der Waals surface area (Å²) in [6.45, 7) is 3.98. The van der Waals surface area contributed by atoms with Crippen LogP contribution >= 0.6 is 0 Å². The standard InChI is InChI=1S/C19H19F3N4/c20-19(21,22)17-5-2-15(3-6-17)14-25-8-1-9-26(11-10-25)18-7-4-16(12-23)13-24-18/h2-7,13H,1,8-11,14H2. The molecule has 0 unspecified atom stereocenters. The third kappa shape index (κ3) is 4.52. The van der Waals surface area contributed by atoms with E-state index in [4.69, 9.17) is 5.26 Å². The van der Waals surface area contributed by atoms with Crippen LogP contribution in [0.1, 0.15) is 23.1 Å². The van der Waals surface area contributed by atoms with Crippen molar-refractivity contribution in [1.29, 1.82) is 5.26 Å². The second-order valence-electron chi connectivity index (χ2n) is 6.33. The van der Waals surface area contributed by atoms with Crippen LogP contribution in [0.25, 0.3) is 0 Å². The van der Waals surface area contributed by atoms with E-state index in [0.29, 0.717) is 12.1 Å². The monoisotopic (exact) mass is 360 g/mol. The SMILES string of the molecule is N#Cc1ccc(N2CCCN(Cc3ccc(C(F)(F)F)cc3)CC2)nc1. The number of nitriles is 1. The molecule has 4 nitrogen and oxygen atoms in total. The van der Waals surface area contributed by atoms with Gasteiger partial charge in [0.2, 0.25) is 0 Å². The molecule has 0 spiro atoms. The van der Waals surface area contributed by atoms with Crippen molar-refractivity contribution in [2.75, 3.05) is 31.1 Å². The summed E-state index contributed by atoms with van der Waals surface area (Å²) < 4.78 is 37.9. The number of nitrogens with zero attached hydrogens (tertiary/aromatic N) is 4. The van der Waals surface area contributed by atoms with Gasteiger partial charge in [-0.05, 0) is 36.2 Å². The number of halogens is 3. The molecule has 3 rings (SSSR count). The molecule has 1 aromatic heterocycles. The summed E-state index contributed by atoms with van der Waals surface area (Å²) in [4.78, 5) is 8.75. The van der Waals surface area contributed by atoms with Crippen molar-refractivity contribution in [3.8, 4) is 6.07 Å². The van der Waals surface area contributed by atoms with E-state index >= 15 is 0 Å². The van der Waals surface area contributed by atoms with E-state index < -0.39 is 11.7 Å². The van der Waals surface area contributed by atoms with Gasteiger partial charge in [-0.25, -0.2) is 4.98 Å². The van der Waals surface area contributed by atoms with Crippen LogP contribution in [0.2, 0.25) is 0 Å². The first-order valence-corrected chi connectivity index (χ1v) is 8.45. The van der Waals surface area contributed by atoms with E-state index in [1.807, 2.05) is 6.07 Å². The van der Waals surface area contributed by atoms with Crippen molar-refractivity contribution in [3.63, 3.8) is 0 Å². The fourth-order valence-corrected chi connectivity index (χ4v) is 3.05. The number of rotatable bonds is 3. The molecule has 2 aromatic rings. The molecule has 0 N–H and O–H groups in total. The zero-order valence-corrected chi connectivity index (χ0v) is 14.2. The second kappa shape index (κ2) is 7.75. The van der Waals surface area contributed by atoms with Crippen LogP contribution in [0.3, 0.4) is 0 Å². The van der Waals surface area contributed by atoms with Crippen molar-refractivity contribution in [2.24, 2.45) is 0 Å². The highest BCUT2D eigenvalue weighted by Gasteiger charge is 2.30. The minimum Gasteiger partial charge on any atom is -0.355 e. The maximum Gasteiger partial charge on any atom is 0.416 e. The molecule has 0 aliphatic carbocycles. The van der Waals surface area contributed by atoms with Crippen LogP contribution in [-0.4, -0.2) is 36.1 Å². The summed E-state index contributed by atoms with van der Waals surface area (Å²) in [5, 5.41) is 8.85. The summed E-state index contributed by atoms with van der Waals surface area (Å²) >= 11 is 0. The van der Waals surface area contributed by atoms with Crippen LogP contribution in [0, 0.1) is 11.3 Å². The fraction of sp³-hybridized carbons (Fsp3) is 0.368. The molecule has 0 saturated carbocycles. The van der Waals surface area contributed by atoms with Crippen LogP contribution in [-0.2, 0) is 12.7 Å². The Kier molecular flexibility index (Phi) is 5.43. The topological polar surface area (TPSA) is 43.2 Å². The molecule has 136 valence electrons. The zero-order valence-electron chi connectivity index (χ0n) is 14.2. The predicted octanol–water partition coefficient (Wildman–Crippen LogP) is 3.68. The van der Waals surface area contributed by atoms with E-state index in [-0.39, 0.29) is 0 Å².